The molecule has 3 rings (SSSR count). The highest BCUT2D eigenvalue weighted by Crippen LogP contribution is 2.22. The number of fused-ring (bicyclic) bond motifs is 1. The molecule has 1 aliphatic rings. The molecule has 2 heterocycles. The molecule has 0 radical (unpaired) electrons. The summed E-state index contributed by atoms with van der Waals surface area (Å²) in [7, 11) is 0. The van der Waals surface area contributed by atoms with Gasteiger partial charge in [-0.3, -0.25) is 9.59 Å². The van der Waals surface area contributed by atoms with Crippen molar-refractivity contribution in [3.63, 3.8) is 0 Å². The quantitative estimate of drug-likeness (QED) is 0.798. The molecule has 0 aliphatic carbocycles. The normalized spacial score (nSPS) is 13.4. The molecule has 0 N–H and O–H groups in total. The molecule has 0 saturated carbocycles. The second kappa shape index (κ2) is 5.44. The van der Waals surface area contributed by atoms with Crippen LogP contribution in [0.2, 0.25) is 0 Å². The zero-order valence-electron chi connectivity index (χ0n) is 11.7. The maximum absolute atomic E-state index is 12.0. The van der Waals surface area contributed by atoms with Gasteiger partial charge in [0.05, 0.1) is 23.2 Å². The second-order valence-electron chi connectivity index (χ2n) is 4.84. The Morgan fingerprint density at radius 2 is 1.86 bits per heavy atom. The van der Waals surface area contributed by atoms with Crippen molar-refractivity contribution in [3.8, 4) is 0 Å². The topological polar surface area (TPSA) is 89.7 Å². The van der Waals surface area contributed by atoms with Gasteiger partial charge in [0.15, 0.2) is 0 Å². The van der Waals surface area contributed by atoms with E-state index in [0.29, 0.717) is 22.9 Å². The summed E-state index contributed by atoms with van der Waals surface area (Å²) in [6.45, 7) is 1.74. The first-order valence-electron chi connectivity index (χ1n) is 6.67. The molecule has 0 atom stereocenters. The van der Waals surface area contributed by atoms with E-state index in [0.717, 1.165) is 0 Å². The first-order chi connectivity index (χ1) is 10.6. The van der Waals surface area contributed by atoms with Crippen LogP contribution < -0.4 is 0 Å². The Kier molecular flexibility index (Phi) is 3.46. The van der Waals surface area contributed by atoms with Gasteiger partial charge in [-0.05, 0) is 19.1 Å². The largest absolute Gasteiger partial charge is 0.361 e. The minimum absolute atomic E-state index is 0.0145. The predicted octanol–water partition coefficient (Wildman–Crippen LogP) is 1.67. The number of rotatable bonds is 4. The Morgan fingerprint density at radius 1 is 1.23 bits per heavy atom. The maximum atomic E-state index is 12.0. The zero-order chi connectivity index (χ0) is 15.7. The molecule has 7 heteroatoms. The van der Waals surface area contributed by atoms with Crippen LogP contribution in [-0.4, -0.2) is 28.0 Å². The molecule has 0 saturated heterocycles. The monoisotopic (exact) mass is 300 g/mol. The number of carbonyl (C=O) groups is 3. The van der Waals surface area contributed by atoms with Crippen LogP contribution in [0.15, 0.2) is 34.9 Å². The number of amides is 2. The number of imide groups is 1. The number of aromatic nitrogens is 1. The van der Waals surface area contributed by atoms with Crippen LogP contribution in [0.1, 0.15) is 38.6 Å². The van der Waals surface area contributed by atoms with E-state index < -0.39 is 17.8 Å². The fraction of sp³-hybridized carbons (Fsp3) is 0.200. The predicted molar refractivity (Wildman–Crippen MR) is 72.6 cm³/mol. The van der Waals surface area contributed by atoms with Gasteiger partial charge in [0.2, 0.25) is 0 Å². The van der Waals surface area contributed by atoms with Crippen molar-refractivity contribution in [3.05, 3.63) is 52.9 Å². The number of hydrogen-bond donors (Lipinski definition) is 0. The van der Waals surface area contributed by atoms with E-state index in [-0.39, 0.29) is 17.5 Å². The second-order valence-corrected chi connectivity index (χ2v) is 4.84. The summed E-state index contributed by atoms with van der Waals surface area (Å²) < 4.78 is 4.89. The number of nitrogens with zero attached hydrogens (tertiary/aromatic N) is 2. The van der Waals surface area contributed by atoms with Crippen molar-refractivity contribution >= 4 is 17.8 Å². The number of aryl methyl sites for hydroxylation is 2. The fourth-order valence-corrected chi connectivity index (χ4v) is 2.16. The molecule has 2 aromatic rings. The van der Waals surface area contributed by atoms with Crippen molar-refractivity contribution in [1.82, 2.24) is 10.2 Å². The highest BCUT2D eigenvalue weighted by Gasteiger charge is 2.38. The Hall–Kier alpha value is -2.96. The van der Waals surface area contributed by atoms with Gasteiger partial charge < -0.3 is 9.36 Å². The van der Waals surface area contributed by atoms with E-state index in [1.807, 2.05) is 0 Å². The number of carbonyl (C=O) groups excluding carboxylic acids is 3. The van der Waals surface area contributed by atoms with Gasteiger partial charge >= 0.3 is 5.97 Å². The number of benzene rings is 1. The molecule has 0 bridgehead atoms. The lowest BCUT2D eigenvalue weighted by atomic mass is 10.1. The summed E-state index contributed by atoms with van der Waals surface area (Å²) in [4.78, 5) is 40.7. The minimum Gasteiger partial charge on any atom is -0.361 e. The van der Waals surface area contributed by atoms with Crippen LogP contribution in [0, 0.1) is 6.92 Å². The lowest BCUT2D eigenvalue weighted by Crippen LogP contribution is -2.32. The highest BCUT2D eigenvalue weighted by atomic mass is 16.7. The van der Waals surface area contributed by atoms with Gasteiger partial charge in [-0.25, -0.2) is 4.79 Å². The molecule has 0 fully saturated rings. The first-order valence-corrected chi connectivity index (χ1v) is 6.67. The van der Waals surface area contributed by atoms with Gasteiger partial charge in [0.25, 0.3) is 11.8 Å². The summed E-state index contributed by atoms with van der Waals surface area (Å²) in [5, 5.41) is 4.25. The average molecular weight is 300 g/mol. The fourth-order valence-electron chi connectivity index (χ4n) is 2.16. The average Bonchev–Trinajstić information content (AvgIpc) is 3.03. The standard InChI is InChI=1S/C15H12N2O5/c1-9-8-10(16-21-9)6-7-13(18)22-17-14(19)11-4-2-3-5-12(11)15(17)20/h2-5,8H,6-7H2,1H3. The summed E-state index contributed by atoms with van der Waals surface area (Å²) in [5.74, 6) is -1.31. The molecular weight excluding hydrogens is 288 g/mol. The molecule has 0 unspecified atom stereocenters. The van der Waals surface area contributed by atoms with Crippen LogP contribution in [0.25, 0.3) is 0 Å². The Balaban J connectivity index is 1.63. The molecule has 112 valence electrons. The smallest absolute Gasteiger partial charge is 0.333 e. The zero-order valence-corrected chi connectivity index (χ0v) is 11.7. The van der Waals surface area contributed by atoms with Crippen LogP contribution >= 0.6 is 0 Å². The van der Waals surface area contributed by atoms with Gasteiger partial charge in [-0.2, -0.15) is 0 Å². The van der Waals surface area contributed by atoms with Crippen LogP contribution in [0.4, 0.5) is 0 Å². The molecule has 1 aromatic carbocycles. The Labute approximate surface area is 125 Å². The molecular formula is C15H12N2O5. The summed E-state index contributed by atoms with van der Waals surface area (Å²) >= 11 is 0. The first kappa shape index (κ1) is 14.0. The molecule has 2 amide bonds. The van der Waals surface area contributed by atoms with E-state index in [4.69, 9.17) is 9.36 Å². The van der Waals surface area contributed by atoms with Crippen LogP contribution in [0.5, 0.6) is 0 Å². The third-order valence-electron chi connectivity index (χ3n) is 3.21. The van der Waals surface area contributed by atoms with Gasteiger partial charge in [-0.15, -0.1) is 0 Å². The van der Waals surface area contributed by atoms with Crippen molar-refractivity contribution < 1.29 is 23.7 Å². The van der Waals surface area contributed by atoms with Crippen LogP contribution in [-0.2, 0) is 16.1 Å². The van der Waals surface area contributed by atoms with Crippen LogP contribution in [0.3, 0.4) is 0 Å². The number of hydrogen-bond acceptors (Lipinski definition) is 6. The lowest BCUT2D eigenvalue weighted by molar-refractivity contribution is -0.168. The third-order valence-corrected chi connectivity index (χ3v) is 3.21. The SMILES string of the molecule is Cc1cc(CCC(=O)ON2C(=O)c3ccccc3C2=O)no1. The number of hydroxylamine groups is 2. The highest BCUT2D eigenvalue weighted by molar-refractivity contribution is 6.20. The molecule has 0 spiro atoms. The van der Waals surface area contributed by atoms with E-state index in [9.17, 15) is 14.4 Å². The van der Waals surface area contributed by atoms with Crippen molar-refractivity contribution in [1.29, 1.82) is 0 Å². The minimum atomic E-state index is -0.685. The lowest BCUT2D eigenvalue weighted by Gasteiger charge is -2.12. The third kappa shape index (κ3) is 2.48. The van der Waals surface area contributed by atoms with Crippen molar-refractivity contribution in [2.24, 2.45) is 0 Å². The summed E-state index contributed by atoms with van der Waals surface area (Å²) in [5.41, 5.74) is 1.07. The van der Waals surface area contributed by atoms with E-state index in [1.54, 1.807) is 25.1 Å². The molecule has 1 aliphatic heterocycles. The summed E-state index contributed by atoms with van der Waals surface area (Å²) in [6.07, 6.45) is 0.290. The van der Waals surface area contributed by atoms with E-state index >= 15 is 0 Å². The van der Waals surface area contributed by atoms with Gasteiger partial charge in [0, 0.05) is 12.5 Å². The Bertz CT molecular complexity index is 730. The summed E-state index contributed by atoms with van der Waals surface area (Å²) in [6, 6.07) is 8.02. The van der Waals surface area contributed by atoms with Crippen molar-refractivity contribution in [2.45, 2.75) is 19.8 Å². The van der Waals surface area contributed by atoms with E-state index in [1.165, 1.54) is 12.1 Å². The van der Waals surface area contributed by atoms with E-state index in [2.05, 4.69) is 5.16 Å². The van der Waals surface area contributed by atoms with Crippen molar-refractivity contribution in [2.75, 3.05) is 0 Å². The maximum Gasteiger partial charge on any atom is 0.333 e. The van der Waals surface area contributed by atoms with Gasteiger partial charge in [-0.1, -0.05) is 22.4 Å². The Morgan fingerprint density at radius 3 is 2.41 bits per heavy atom. The molecule has 7 nitrogen and oxygen atoms in total. The van der Waals surface area contributed by atoms with Gasteiger partial charge in [0.1, 0.15) is 5.76 Å². The molecule has 1 aromatic heterocycles. The molecule has 22 heavy (non-hydrogen) atoms.